The predicted octanol–water partition coefficient (Wildman–Crippen LogP) is 4.18. The Hall–Kier alpha value is 0.670. The molecule has 0 fully saturated rings. The van der Waals surface area contributed by atoms with Gasteiger partial charge in [0, 0.05) is 0 Å². The second kappa shape index (κ2) is 18.0. The minimum absolute atomic E-state index is 0.102. The van der Waals surface area contributed by atoms with E-state index in [1.54, 1.807) is 0 Å². The zero-order valence-electron chi connectivity index (χ0n) is 14.9. The van der Waals surface area contributed by atoms with Gasteiger partial charge in [0.2, 0.25) is 0 Å². The van der Waals surface area contributed by atoms with Crippen LogP contribution in [0.3, 0.4) is 0 Å². The monoisotopic (exact) mass is 487 g/mol. The molecule has 0 aromatic carbocycles. The number of ether oxygens (including phenoxy) is 2. The molecule has 0 saturated carbocycles. The summed E-state index contributed by atoms with van der Waals surface area (Å²) < 4.78 is 28.5. The van der Waals surface area contributed by atoms with Crippen molar-refractivity contribution in [3.05, 3.63) is 0 Å². The van der Waals surface area contributed by atoms with Crippen molar-refractivity contribution in [1.29, 1.82) is 0 Å². The number of rotatable bonds is 17. The van der Waals surface area contributed by atoms with Crippen LogP contribution in [0.25, 0.3) is 0 Å². The van der Waals surface area contributed by atoms with E-state index in [4.69, 9.17) is 18.0 Å². The molecule has 6 heteroatoms. The summed E-state index contributed by atoms with van der Waals surface area (Å²) in [5, 5.41) is 0. The zero-order chi connectivity index (χ0) is 16.5. The molecule has 0 N–H and O–H groups in total. The van der Waals surface area contributed by atoms with Crippen molar-refractivity contribution in [1.82, 2.24) is 0 Å². The van der Waals surface area contributed by atoms with Crippen molar-refractivity contribution >= 4 is 0 Å². The molecule has 0 aliphatic carbocycles. The molecule has 0 spiro atoms. The molecule has 0 bridgehead atoms. The van der Waals surface area contributed by atoms with E-state index in [1.165, 1.54) is 0 Å². The van der Waals surface area contributed by atoms with Crippen molar-refractivity contribution in [3.63, 3.8) is 0 Å². The average Bonchev–Trinajstić information content (AvgIpc) is 2.51. The van der Waals surface area contributed by atoms with Crippen LogP contribution in [-0.2, 0) is 40.8 Å². The van der Waals surface area contributed by atoms with Crippen LogP contribution < -0.4 is 0 Å². The summed E-state index contributed by atoms with van der Waals surface area (Å²) in [7, 11) is 0. The van der Waals surface area contributed by atoms with Crippen LogP contribution in [-0.4, -0.2) is 39.3 Å². The van der Waals surface area contributed by atoms with Gasteiger partial charge in [0.15, 0.2) is 0 Å². The molecular formula is C16H35HfO5. The Labute approximate surface area is 146 Å². The van der Waals surface area contributed by atoms with Crippen molar-refractivity contribution < 1.29 is 40.8 Å². The van der Waals surface area contributed by atoms with Crippen molar-refractivity contribution in [2.45, 2.75) is 72.5 Å². The number of hydrogen-bond acceptors (Lipinski definition) is 5. The molecule has 0 saturated heterocycles. The van der Waals surface area contributed by atoms with Gasteiger partial charge >= 0.3 is 146 Å². The van der Waals surface area contributed by atoms with Gasteiger partial charge in [-0.15, -0.1) is 0 Å². The fraction of sp³-hybridized carbons (Fsp3) is 1.00. The normalized spacial score (nSPS) is 11.3. The summed E-state index contributed by atoms with van der Waals surface area (Å²) in [5.41, 5.74) is 0. The Kier molecular flexibility index (Phi) is 18.6. The molecule has 0 aromatic heterocycles. The third kappa shape index (κ3) is 14.3. The van der Waals surface area contributed by atoms with E-state index in [9.17, 15) is 0 Å². The average molecular weight is 486 g/mol. The van der Waals surface area contributed by atoms with Gasteiger partial charge in [-0.05, 0) is 0 Å². The van der Waals surface area contributed by atoms with E-state index in [0.717, 1.165) is 51.7 Å². The van der Waals surface area contributed by atoms with E-state index in [2.05, 4.69) is 13.8 Å². The Morgan fingerprint density at radius 2 is 1.23 bits per heavy atom. The molecule has 0 aliphatic rings. The molecule has 22 heavy (non-hydrogen) atoms. The summed E-state index contributed by atoms with van der Waals surface area (Å²) in [6, 6.07) is 0. The summed E-state index contributed by atoms with van der Waals surface area (Å²) in [5.74, 6) is 0. The van der Waals surface area contributed by atoms with Gasteiger partial charge in [0.25, 0.3) is 0 Å². The van der Waals surface area contributed by atoms with E-state index in [1.807, 2.05) is 13.8 Å². The van der Waals surface area contributed by atoms with E-state index in [-0.39, 0.29) is 6.29 Å². The van der Waals surface area contributed by atoms with Gasteiger partial charge < -0.3 is 0 Å². The van der Waals surface area contributed by atoms with Gasteiger partial charge in [-0.3, -0.25) is 0 Å². The molecule has 0 aliphatic heterocycles. The summed E-state index contributed by atoms with van der Waals surface area (Å²) in [4.78, 5) is 0. The van der Waals surface area contributed by atoms with Gasteiger partial charge in [-0.25, -0.2) is 0 Å². The van der Waals surface area contributed by atoms with Gasteiger partial charge in [0.1, 0.15) is 0 Å². The maximum atomic E-state index is 5.81. The topological polar surface area (TPSA) is 46.2 Å². The van der Waals surface area contributed by atoms with E-state index < -0.39 is 22.7 Å². The molecule has 0 aromatic rings. The second-order valence-corrected chi connectivity index (χ2v) is 9.89. The van der Waals surface area contributed by atoms with Crippen LogP contribution in [0.2, 0.25) is 0 Å². The number of unbranched alkanes of at least 4 members (excludes halogenated alkanes) is 2. The first kappa shape index (κ1) is 22.7. The van der Waals surface area contributed by atoms with Crippen molar-refractivity contribution in [2.75, 3.05) is 33.0 Å². The van der Waals surface area contributed by atoms with E-state index >= 15 is 0 Å². The summed E-state index contributed by atoms with van der Waals surface area (Å²) in [6.07, 6.45) is 6.12. The van der Waals surface area contributed by atoms with Crippen LogP contribution in [0.5, 0.6) is 0 Å². The summed E-state index contributed by atoms with van der Waals surface area (Å²) in [6.45, 7) is 11.8. The molecule has 133 valence electrons. The van der Waals surface area contributed by atoms with Crippen LogP contribution in [0, 0.1) is 0 Å². The third-order valence-electron chi connectivity index (χ3n) is 2.93. The molecule has 0 unspecified atom stereocenters. The Balaban J connectivity index is 3.87. The van der Waals surface area contributed by atoms with Gasteiger partial charge in [-0.2, -0.15) is 0 Å². The maximum absolute atomic E-state index is 5.81. The van der Waals surface area contributed by atoms with Crippen LogP contribution >= 0.6 is 0 Å². The molecule has 0 rings (SSSR count). The van der Waals surface area contributed by atoms with Gasteiger partial charge in [-0.1, -0.05) is 0 Å². The van der Waals surface area contributed by atoms with Crippen LogP contribution in [0.15, 0.2) is 0 Å². The molecule has 0 amide bonds. The molecule has 0 radical (unpaired) electrons. The van der Waals surface area contributed by atoms with Gasteiger partial charge in [0.05, 0.1) is 0 Å². The summed E-state index contributed by atoms with van der Waals surface area (Å²) >= 11 is -2.67. The first-order valence-corrected chi connectivity index (χ1v) is 13.2. The minimum atomic E-state index is -2.67. The molecule has 0 atom stereocenters. The number of hydrogen-bond donors (Lipinski definition) is 0. The first-order chi connectivity index (χ1) is 10.8. The fourth-order valence-corrected chi connectivity index (χ4v) is 5.41. The van der Waals surface area contributed by atoms with Crippen molar-refractivity contribution in [2.24, 2.45) is 0 Å². The fourth-order valence-electron chi connectivity index (χ4n) is 1.70. The molecule has 0 heterocycles. The van der Waals surface area contributed by atoms with E-state index in [0.29, 0.717) is 19.8 Å². The standard InChI is InChI=1S/C12H25O3.2C2H5O.Hf/c1-3-5-10-14-12(8-7-9-13)15-11-6-4-2;2*1-2-3;/h12H,3-11H2,1-2H3;2*2H2,1H3;/q3*-1;+3. The van der Waals surface area contributed by atoms with Crippen molar-refractivity contribution in [3.8, 4) is 0 Å². The quantitative estimate of drug-likeness (QED) is 0.176. The second-order valence-electron chi connectivity index (χ2n) is 4.98. The van der Waals surface area contributed by atoms with Crippen LogP contribution in [0.4, 0.5) is 0 Å². The molecular weight excluding hydrogens is 451 g/mol. The SMILES string of the molecule is CCCCOC(CCC[O][Hf]([O]CC)[O]CC)OCCCC. The Morgan fingerprint density at radius 3 is 1.68 bits per heavy atom. The van der Waals surface area contributed by atoms with Crippen LogP contribution in [0.1, 0.15) is 66.2 Å². The predicted molar refractivity (Wildman–Crippen MR) is 83.9 cm³/mol. The molecule has 5 nitrogen and oxygen atoms in total. The third-order valence-corrected chi connectivity index (χ3v) is 8.28. The Bertz CT molecular complexity index is 203. The zero-order valence-corrected chi connectivity index (χ0v) is 18.5. The first-order valence-electron chi connectivity index (χ1n) is 8.76. The Morgan fingerprint density at radius 1 is 0.682 bits per heavy atom.